The van der Waals surface area contributed by atoms with Crippen LogP contribution in [0, 0.1) is 0 Å². The highest BCUT2D eigenvalue weighted by Gasteiger charge is 2.26. The lowest BCUT2D eigenvalue weighted by Gasteiger charge is -2.28. The summed E-state index contributed by atoms with van der Waals surface area (Å²) in [4.78, 5) is 0. The number of aliphatic hydroxyl groups is 1. The Morgan fingerprint density at radius 1 is 1.00 bits per heavy atom. The van der Waals surface area contributed by atoms with Crippen LogP contribution >= 0.6 is 0 Å². The Bertz CT molecular complexity index is 682. The van der Waals surface area contributed by atoms with Gasteiger partial charge in [0.2, 0.25) is 0 Å². The third-order valence-corrected chi connectivity index (χ3v) is 4.31. The number of benzene rings is 2. The Balaban J connectivity index is 2.02. The van der Waals surface area contributed by atoms with Gasteiger partial charge in [0.15, 0.2) is 0 Å². The van der Waals surface area contributed by atoms with E-state index in [1.807, 2.05) is 0 Å². The first-order chi connectivity index (χ1) is 9.34. The summed E-state index contributed by atoms with van der Waals surface area (Å²) in [5, 5.41) is 10.5. The van der Waals surface area contributed by atoms with Gasteiger partial charge in [-0.05, 0) is 46.2 Å². The summed E-state index contributed by atoms with van der Waals surface area (Å²) in [6.07, 6.45) is 6.92. The highest BCUT2D eigenvalue weighted by molar-refractivity contribution is 5.77. The van der Waals surface area contributed by atoms with Crippen molar-refractivity contribution in [3.05, 3.63) is 64.7 Å². The van der Waals surface area contributed by atoms with Gasteiger partial charge in [-0.15, -0.1) is 0 Å². The summed E-state index contributed by atoms with van der Waals surface area (Å²) in [7, 11) is 0. The molecule has 2 aromatic rings. The molecule has 0 amide bonds. The molecule has 0 spiro atoms. The predicted octanol–water partition coefficient (Wildman–Crippen LogP) is 3.90. The number of aliphatic hydroxyl groups excluding tert-OH is 1. The summed E-state index contributed by atoms with van der Waals surface area (Å²) >= 11 is 0. The van der Waals surface area contributed by atoms with Crippen LogP contribution in [0.5, 0.6) is 0 Å². The van der Waals surface area contributed by atoms with E-state index in [9.17, 15) is 5.11 Å². The highest BCUT2D eigenvalue weighted by Crippen LogP contribution is 2.42. The number of hydrogen-bond donors (Lipinski definition) is 1. The van der Waals surface area contributed by atoms with E-state index < -0.39 is 0 Å². The second-order valence-corrected chi connectivity index (χ2v) is 5.41. The third kappa shape index (κ3) is 1.58. The summed E-state index contributed by atoms with van der Waals surface area (Å²) < 4.78 is 0. The number of rotatable bonds is 0. The van der Waals surface area contributed by atoms with Gasteiger partial charge in [0.1, 0.15) is 0 Å². The second-order valence-electron chi connectivity index (χ2n) is 5.41. The fraction of sp³-hybridized carbons (Fsp3) is 0.222. The van der Waals surface area contributed by atoms with Gasteiger partial charge >= 0.3 is 0 Å². The van der Waals surface area contributed by atoms with Gasteiger partial charge in [0.05, 0.1) is 6.10 Å². The van der Waals surface area contributed by atoms with Crippen molar-refractivity contribution in [2.24, 2.45) is 0 Å². The molecule has 1 atom stereocenters. The molecule has 0 radical (unpaired) electrons. The lowest BCUT2D eigenvalue weighted by molar-refractivity contribution is 0.176. The van der Waals surface area contributed by atoms with Gasteiger partial charge in [-0.25, -0.2) is 0 Å². The number of fused-ring (bicyclic) bond motifs is 5. The quantitative estimate of drug-likeness (QED) is 0.749. The fourth-order valence-electron chi connectivity index (χ4n) is 3.44. The van der Waals surface area contributed by atoms with Crippen molar-refractivity contribution in [2.75, 3.05) is 0 Å². The van der Waals surface area contributed by atoms with E-state index in [4.69, 9.17) is 0 Å². The zero-order valence-electron chi connectivity index (χ0n) is 10.8. The molecular weight excluding hydrogens is 232 g/mol. The molecule has 0 saturated carbocycles. The molecule has 0 aromatic heterocycles. The highest BCUT2D eigenvalue weighted by atomic mass is 16.3. The monoisotopic (exact) mass is 248 g/mol. The molecule has 2 aromatic carbocycles. The van der Waals surface area contributed by atoms with Crippen LogP contribution in [0.3, 0.4) is 0 Å². The van der Waals surface area contributed by atoms with Gasteiger partial charge in [-0.1, -0.05) is 48.6 Å². The van der Waals surface area contributed by atoms with Crippen LogP contribution in [0.25, 0.3) is 17.2 Å². The van der Waals surface area contributed by atoms with Crippen molar-refractivity contribution < 1.29 is 5.11 Å². The average Bonchev–Trinajstić information content (AvgIpc) is 2.46. The Labute approximate surface area is 113 Å². The molecule has 0 heterocycles. The molecule has 0 bridgehead atoms. The Kier molecular flexibility index (Phi) is 2.36. The molecule has 1 N–H and O–H groups in total. The minimum absolute atomic E-state index is 0.355. The van der Waals surface area contributed by atoms with E-state index in [1.54, 1.807) is 0 Å². The van der Waals surface area contributed by atoms with Crippen molar-refractivity contribution in [1.29, 1.82) is 0 Å². The summed E-state index contributed by atoms with van der Waals surface area (Å²) in [5.74, 6) is 0. The minimum atomic E-state index is -0.355. The molecule has 1 unspecified atom stereocenters. The van der Waals surface area contributed by atoms with E-state index in [2.05, 4.69) is 48.6 Å². The summed E-state index contributed by atoms with van der Waals surface area (Å²) in [6.45, 7) is 0. The summed E-state index contributed by atoms with van der Waals surface area (Å²) in [6, 6.07) is 12.8. The van der Waals surface area contributed by atoms with E-state index >= 15 is 0 Å². The van der Waals surface area contributed by atoms with E-state index in [0.717, 1.165) is 19.3 Å². The molecule has 1 nitrogen and oxygen atoms in total. The zero-order valence-corrected chi connectivity index (χ0v) is 10.8. The first-order valence-electron chi connectivity index (χ1n) is 6.93. The molecular formula is C18H16O. The predicted molar refractivity (Wildman–Crippen MR) is 77.9 cm³/mol. The molecule has 0 aliphatic heterocycles. The van der Waals surface area contributed by atoms with Crippen LogP contribution in [0.1, 0.15) is 34.8 Å². The average molecular weight is 248 g/mol. The Morgan fingerprint density at radius 2 is 1.89 bits per heavy atom. The maximum absolute atomic E-state index is 10.5. The fourth-order valence-corrected chi connectivity index (χ4v) is 3.44. The van der Waals surface area contributed by atoms with Crippen molar-refractivity contribution >= 4 is 6.08 Å². The molecule has 19 heavy (non-hydrogen) atoms. The van der Waals surface area contributed by atoms with E-state index in [0.29, 0.717) is 0 Å². The first kappa shape index (κ1) is 11.0. The van der Waals surface area contributed by atoms with Crippen molar-refractivity contribution in [3.63, 3.8) is 0 Å². The van der Waals surface area contributed by atoms with Gasteiger partial charge in [-0.3, -0.25) is 0 Å². The number of hydrogen-bond acceptors (Lipinski definition) is 1. The van der Waals surface area contributed by atoms with Crippen molar-refractivity contribution in [2.45, 2.75) is 25.4 Å². The smallest absolute Gasteiger partial charge is 0.0839 e. The van der Waals surface area contributed by atoms with Gasteiger partial charge < -0.3 is 5.11 Å². The Hall–Kier alpha value is -1.86. The SMILES string of the molecule is OC1Cc2ccccc2-c2ccc3c(c21)CCC=C3. The van der Waals surface area contributed by atoms with Crippen LogP contribution in [-0.2, 0) is 12.8 Å². The molecule has 0 saturated heterocycles. The van der Waals surface area contributed by atoms with E-state index in [-0.39, 0.29) is 6.10 Å². The van der Waals surface area contributed by atoms with Crippen molar-refractivity contribution in [1.82, 2.24) is 0 Å². The number of allylic oxidation sites excluding steroid dienone is 1. The molecule has 94 valence electrons. The topological polar surface area (TPSA) is 20.2 Å². The molecule has 2 aliphatic rings. The van der Waals surface area contributed by atoms with Crippen LogP contribution in [0.15, 0.2) is 42.5 Å². The molecule has 2 aliphatic carbocycles. The maximum atomic E-state index is 10.5. The van der Waals surface area contributed by atoms with Crippen LogP contribution in [0.4, 0.5) is 0 Å². The molecule has 4 rings (SSSR count). The third-order valence-electron chi connectivity index (χ3n) is 4.31. The van der Waals surface area contributed by atoms with Gasteiger partial charge in [0.25, 0.3) is 0 Å². The molecule has 1 heteroatoms. The van der Waals surface area contributed by atoms with E-state index in [1.165, 1.54) is 33.4 Å². The molecule has 0 fully saturated rings. The van der Waals surface area contributed by atoms with Gasteiger partial charge in [-0.2, -0.15) is 0 Å². The maximum Gasteiger partial charge on any atom is 0.0839 e. The summed E-state index contributed by atoms with van der Waals surface area (Å²) in [5.41, 5.74) is 7.57. The first-order valence-corrected chi connectivity index (χ1v) is 6.93. The largest absolute Gasteiger partial charge is 0.388 e. The van der Waals surface area contributed by atoms with Crippen molar-refractivity contribution in [3.8, 4) is 11.1 Å². The second kappa shape index (κ2) is 4.07. The standard InChI is InChI=1S/C18H16O/c19-17-11-13-6-2-3-7-14(13)16-10-9-12-5-1-4-8-15(12)18(16)17/h1-3,5-7,9-10,17,19H,4,8,11H2. The lowest BCUT2D eigenvalue weighted by Crippen LogP contribution is -2.15. The van der Waals surface area contributed by atoms with Crippen LogP contribution in [-0.4, -0.2) is 5.11 Å². The van der Waals surface area contributed by atoms with Crippen LogP contribution < -0.4 is 0 Å². The van der Waals surface area contributed by atoms with Crippen LogP contribution in [0.2, 0.25) is 0 Å². The zero-order chi connectivity index (χ0) is 12.8. The van der Waals surface area contributed by atoms with Gasteiger partial charge in [0, 0.05) is 6.42 Å². The Morgan fingerprint density at radius 3 is 2.84 bits per heavy atom. The normalized spacial score (nSPS) is 19.5. The minimum Gasteiger partial charge on any atom is -0.388 e. The lowest BCUT2D eigenvalue weighted by atomic mass is 9.78.